The summed E-state index contributed by atoms with van der Waals surface area (Å²) < 4.78 is 5.15. The lowest BCUT2D eigenvalue weighted by molar-refractivity contribution is -0.385. The molecule has 0 spiro atoms. The Balaban J connectivity index is 2.16. The van der Waals surface area contributed by atoms with Crippen LogP contribution in [0.4, 0.5) is 11.4 Å². The van der Waals surface area contributed by atoms with Gasteiger partial charge in [0.15, 0.2) is 0 Å². The van der Waals surface area contributed by atoms with Gasteiger partial charge in [-0.2, -0.15) is 0 Å². The van der Waals surface area contributed by atoms with E-state index in [2.05, 4.69) is 0 Å². The number of fused-ring (bicyclic) bond motifs is 1. The number of rotatable bonds is 3. The Morgan fingerprint density at radius 1 is 0.826 bits per heavy atom. The number of non-ortho nitro benzene ring substituents is 2. The van der Waals surface area contributed by atoms with Crippen molar-refractivity contribution in [2.45, 2.75) is 0 Å². The molecule has 2 aromatic carbocycles. The van der Waals surface area contributed by atoms with Crippen molar-refractivity contribution < 1.29 is 14.3 Å². The maximum atomic E-state index is 12.0. The molecule has 1 aromatic heterocycles. The van der Waals surface area contributed by atoms with Crippen LogP contribution in [0.1, 0.15) is 0 Å². The number of hydrogen-bond donors (Lipinski definition) is 0. The molecule has 0 atom stereocenters. The second kappa shape index (κ2) is 5.34. The molecule has 0 saturated heterocycles. The first kappa shape index (κ1) is 14.4. The van der Waals surface area contributed by atoms with E-state index >= 15 is 0 Å². The van der Waals surface area contributed by atoms with Crippen LogP contribution in [0.5, 0.6) is 0 Å². The van der Waals surface area contributed by atoms with E-state index in [4.69, 9.17) is 4.42 Å². The number of hydrogen-bond acceptors (Lipinski definition) is 6. The fourth-order valence-electron chi connectivity index (χ4n) is 2.19. The summed E-state index contributed by atoms with van der Waals surface area (Å²) in [6.07, 6.45) is 0. The first-order valence-electron chi connectivity index (χ1n) is 6.43. The van der Waals surface area contributed by atoms with Crippen LogP contribution in [0, 0.1) is 20.2 Å². The summed E-state index contributed by atoms with van der Waals surface area (Å²) in [5.41, 5.74) is -0.0207. The molecule has 114 valence electrons. The molecule has 0 unspecified atom stereocenters. The van der Waals surface area contributed by atoms with Crippen molar-refractivity contribution in [2.24, 2.45) is 0 Å². The molecule has 1 heterocycles. The lowest BCUT2D eigenvalue weighted by atomic mass is 10.1. The SMILES string of the molecule is O=c1oc2ccc([N+](=O)[O-])cc2cc1-c1ccc([N+](=O)[O-])cc1. The monoisotopic (exact) mass is 312 g/mol. The zero-order valence-electron chi connectivity index (χ0n) is 11.5. The van der Waals surface area contributed by atoms with E-state index in [0.29, 0.717) is 10.9 Å². The second-order valence-corrected chi connectivity index (χ2v) is 4.73. The van der Waals surface area contributed by atoms with Crippen molar-refractivity contribution in [3.63, 3.8) is 0 Å². The normalized spacial score (nSPS) is 10.6. The zero-order valence-corrected chi connectivity index (χ0v) is 11.5. The third-order valence-corrected chi connectivity index (χ3v) is 3.32. The lowest BCUT2D eigenvalue weighted by Crippen LogP contribution is -2.03. The van der Waals surface area contributed by atoms with Gasteiger partial charge in [-0.15, -0.1) is 0 Å². The maximum absolute atomic E-state index is 12.0. The van der Waals surface area contributed by atoms with Gasteiger partial charge < -0.3 is 4.42 Å². The fourth-order valence-corrected chi connectivity index (χ4v) is 2.19. The van der Waals surface area contributed by atoms with Gasteiger partial charge in [0.1, 0.15) is 5.58 Å². The van der Waals surface area contributed by atoms with Crippen molar-refractivity contribution in [2.75, 3.05) is 0 Å². The predicted molar refractivity (Wildman–Crippen MR) is 81.2 cm³/mol. The Hall–Kier alpha value is -3.55. The summed E-state index contributed by atoms with van der Waals surface area (Å²) >= 11 is 0. The molecule has 0 saturated carbocycles. The third kappa shape index (κ3) is 2.64. The van der Waals surface area contributed by atoms with Crippen molar-refractivity contribution in [3.05, 3.63) is 79.2 Å². The minimum Gasteiger partial charge on any atom is -0.422 e. The number of nitro benzene ring substituents is 2. The van der Waals surface area contributed by atoms with Crippen LogP contribution in [0.15, 0.2) is 57.7 Å². The molecule has 0 radical (unpaired) electrons. The first-order chi connectivity index (χ1) is 11.0. The number of nitrogens with zero attached hydrogens (tertiary/aromatic N) is 2. The highest BCUT2D eigenvalue weighted by Gasteiger charge is 2.13. The molecule has 0 N–H and O–H groups in total. The molecule has 8 nitrogen and oxygen atoms in total. The molecule has 23 heavy (non-hydrogen) atoms. The molecule has 0 aliphatic rings. The standard InChI is InChI=1S/C15H8N2O6/c18-15-13(9-1-3-11(4-2-9)16(19)20)8-10-7-12(17(21)22)5-6-14(10)23-15/h1-8H. The smallest absolute Gasteiger partial charge is 0.344 e. The molecule has 8 heteroatoms. The molecule has 0 amide bonds. The van der Waals surface area contributed by atoms with Crippen LogP contribution >= 0.6 is 0 Å². The van der Waals surface area contributed by atoms with Crippen molar-refractivity contribution in [1.29, 1.82) is 0 Å². The minimum absolute atomic E-state index is 0.102. The minimum atomic E-state index is -0.625. The summed E-state index contributed by atoms with van der Waals surface area (Å²) in [5.74, 6) is 0. The first-order valence-corrected chi connectivity index (χ1v) is 6.43. The Morgan fingerprint density at radius 2 is 1.43 bits per heavy atom. The zero-order chi connectivity index (χ0) is 16.6. The maximum Gasteiger partial charge on any atom is 0.344 e. The molecular weight excluding hydrogens is 304 g/mol. The Labute approximate surface area is 127 Å². The molecule has 3 rings (SSSR count). The van der Waals surface area contributed by atoms with E-state index in [-0.39, 0.29) is 22.5 Å². The van der Waals surface area contributed by atoms with Gasteiger partial charge in [0, 0.05) is 29.7 Å². The topological polar surface area (TPSA) is 116 Å². The van der Waals surface area contributed by atoms with Crippen LogP contribution in [-0.2, 0) is 0 Å². The van der Waals surface area contributed by atoms with E-state index in [1.807, 2.05) is 0 Å². The average molecular weight is 312 g/mol. The van der Waals surface area contributed by atoms with Gasteiger partial charge in [0.05, 0.1) is 15.4 Å². The van der Waals surface area contributed by atoms with Crippen molar-refractivity contribution in [1.82, 2.24) is 0 Å². The number of nitro groups is 2. The highest BCUT2D eigenvalue weighted by Crippen LogP contribution is 2.25. The highest BCUT2D eigenvalue weighted by atomic mass is 16.6. The van der Waals surface area contributed by atoms with Crippen molar-refractivity contribution >= 4 is 22.3 Å². The largest absolute Gasteiger partial charge is 0.422 e. The second-order valence-electron chi connectivity index (χ2n) is 4.73. The van der Waals surface area contributed by atoms with Crippen LogP contribution in [0.2, 0.25) is 0 Å². The molecule has 0 aliphatic carbocycles. The molecule has 0 bridgehead atoms. The summed E-state index contributed by atoms with van der Waals surface area (Å²) in [4.78, 5) is 32.4. The Morgan fingerprint density at radius 3 is 2.04 bits per heavy atom. The molecular formula is C15H8N2O6. The number of benzene rings is 2. The third-order valence-electron chi connectivity index (χ3n) is 3.32. The Kier molecular flexibility index (Phi) is 3.34. The van der Waals surface area contributed by atoms with E-state index < -0.39 is 15.5 Å². The summed E-state index contributed by atoms with van der Waals surface area (Å²) in [5, 5.41) is 21.9. The Bertz CT molecular complexity index is 991. The van der Waals surface area contributed by atoms with Gasteiger partial charge in [-0.1, -0.05) is 0 Å². The average Bonchev–Trinajstić information content (AvgIpc) is 2.53. The van der Waals surface area contributed by atoms with E-state index in [1.165, 1.54) is 48.5 Å². The summed E-state index contributed by atoms with van der Waals surface area (Å²) in [6.45, 7) is 0. The van der Waals surface area contributed by atoms with Crippen LogP contribution in [0.3, 0.4) is 0 Å². The van der Waals surface area contributed by atoms with Gasteiger partial charge in [0.2, 0.25) is 0 Å². The van der Waals surface area contributed by atoms with Gasteiger partial charge in [0.25, 0.3) is 11.4 Å². The van der Waals surface area contributed by atoms with Gasteiger partial charge in [-0.05, 0) is 29.8 Å². The van der Waals surface area contributed by atoms with Gasteiger partial charge in [-0.25, -0.2) is 4.79 Å². The van der Waals surface area contributed by atoms with Crippen LogP contribution in [-0.4, -0.2) is 9.85 Å². The highest BCUT2D eigenvalue weighted by molar-refractivity contribution is 5.83. The molecule has 0 fully saturated rings. The fraction of sp³-hybridized carbons (Fsp3) is 0. The lowest BCUT2D eigenvalue weighted by Gasteiger charge is -2.02. The van der Waals surface area contributed by atoms with Crippen LogP contribution in [0.25, 0.3) is 22.1 Å². The van der Waals surface area contributed by atoms with E-state index in [1.54, 1.807) is 0 Å². The predicted octanol–water partition coefficient (Wildman–Crippen LogP) is 3.28. The summed E-state index contributed by atoms with van der Waals surface area (Å²) in [6, 6.07) is 10.8. The van der Waals surface area contributed by atoms with Crippen LogP contribution < -0.4 is 5.63 Å². The van der Waals surface area contributed by atoms with E-state index in [9.17, 15) is 25.0 Å². The summed E-state index contributed by atoms with van der Waals surface area (Å²) in [7, 11) is 0. The molecule has 0 aliphatic heterocycles. The van der Waals surface area contributed by atoms with E-state index in [0.717, 1.165) is 0 Å². The quantitative estimate of drug-likeness (QED) is 0.416. The molecule has 3 aromatic rings. The van der Waals surface area contributed by atoms with Crippen molar-refractivity contribution in [3.8, 4) is 11.1 Å². The van der Waals surface area contributed by atoms with Gasteiger partial charge in [-0.3, -0.25) is 20.2 Å². The van der Waals surface area contributed by atoms with Gasteiger partial charge >= 0.3 is 5.63 Å².